The summed E-state index contributed by atoms with van der Waals surface area (Å²) >= 11 is 0. The van der Waals surface area contributed by atoms with Gasteiger partial charge in [0.15, 0.2) is 5.65 Å². The fourth-order valence-corrected chi connectivity index (χ4v) is 5.42. The number of aromatic nitrogens is 5. The summed E-state index contributed by atoms with van der Waals surface area (Å²) in [6, 6.07) is 16.1. The Hall–Kier alpha value is -4.01. The maximum absolute atomic E-state index is 13.2. The summed E-state index contributed by atoms with van der Waals surface area (Å²) in [7, 11) is 0. The van der Waals surface area contributed by atoms with E-state index in [1.807, 2.05) is 39.8 Å². The monoisotopic (exact) mass is 469 g/mol. The lowest BCUT2D eigenvalue weighted by Gasteiger charge is -2.33. The van der Waals surface area contributed by atoms with E-state index in [2.05, 4.69) is 37.0 Å². The Labute approximate surface area is 202 Å². The summed E-state index contributed by atoms with van der Waals surface area (Å²) in [6.07, 6.45) is 5.74. The molecule has 9 nitrogen and oxygen atoms in total. The van der Waals surface area contributed by atoms with Crippen LogP contribution < -0.4 is 10.6 Å². The molecule has 0 aliphatic carbocycles. The van der Waals surface area contributed by atoms with Crippen LogP contribution in [-0.2, 0) is 0 Å². The number of carbonyl (C=O) groups is 1. The number of rotatable bonds is 4. The number of pyridine rings is 1. The van der Waals surface area contributed by atoms with Gasteiger partial charge >= 0.3 is 5.69 Å². The Morgan fingerprint density at radius 2 is 1.77 bits per heavy atom. The van der Waals surface area contributed by atoms with Crippen LogP contribution in [0.2, 0.25) is 0 Å². The van der Waals surface area contributed by atoms with Crippen molar-refractivity contribution in [2.45, 2.75) is 31.2 Å². The van der Waals surface area contributed by atoms with E-state index in [1.165, 1.54) is 11.9 Å². The normalized spacial score (nSPS) is 18.9. The fourth-order valence-electron chi connectivity index (χ4n) is 5.42. The summed E-state index contributed by atoms with van der Waals surface area (Å²) < 4.78 is 1.82. The third-order valence-corrected chi connectivity index (χ3v) is 7.26. The molecule has 35 heavy (non-hydrogen) atoms. The van der Waals surface area contributed by atoms with Crippen molar-refractivity contribution in [1.29, 1.82) is 0 Å². The Morgan fingerprint density at radius 1 is 0.943 bits per heavy atom. The second-order valence-electron chi connectivity index (χ2n) is 9.30. The highest BCUT2D eigenvalue weighted by Crippen LogP contribution is 2.29. The van der Waals surface area contributed by atoms with Crippen molar-refractivity contribution in [1.82, 2.24) is 29.4 Å². The van der Waals surface area contributed by atoms with E-state index in [0.717, 1.165) is 50.2 Å². The molecule has 0 saturated carbocycles. The molecule has 1 amide bonds. The number of likely N-dealkylation sites (tertiary alicyclic amines) is 1. The van der Waals surface area contributed by atoms with Crippen molar-refractivity contribution in [3.8, 4) is 0 Å². The zero-order valence-corrected chi connectivity index (χ0v) is 19.4. The third-order valence-electron chi connectivity index (χ3n) is 7.26. The molecule has 9 heteroatoms. The van der Waals surface area contributed by atoms with E-state index in [4.69, 9.17) is 0 Å². The van der Waals surface area contributed by atoms with Crippen LogP contribution in [0, 0.1) is 0 Å². The predicted molar refractivity (Wildman–Crippen MR) is 133 cm³/mol. The number of imidazole rings is 1. The van der Waals surface area contributed by atoms with Gasteiger partial charge in [0.25, 0.3) is 5.91 Å². The van der Waals surface area contributed by atoms with Gasteiger partial charge in [0.05, 0.1) is 5.52 Å². The molecule has 0 radical (unpaired) electrons. The number of hydrogen-bond acceptors (Lipinski definition) is 6. The van der Waals surface area contributed by atoms with Crippen LogP contribution in [-0.4, -0.2) is 61.5 Å². The highest BCUT2D eigenvalue weighted by atomic mass is 16.2. The smallest absolute Gasteiger partial charge is 0.327 e. The topological polar surface area (TPSA) is 100 Å². The Bertz CT molecular complexity index is 1410. The van der Waals surface area contributed by atoms with Gasteiger partial charge in [0, 0.05) is 50.4 Å². The standard InChI is InChI=1S/C26H27N7O2/c34-25(32-12-8-19(16-32)18-5-2-1-3-6-18)21-15-23(29-17-28-21)31-13-9-20(10-14-31)33-22-7-4-11-27-24(22)30-26(33)35/h1-7,11,15,17,19-20H,8-10,12-14,16H2,(H,27,30,35). The van der Waals surface area contributed by atoms with E-state index >= 15 is 0 Å². The largest absolute Gasteiger partial charge is 0.356 e. The van der Waals surface area contributed by atoms with Crippen LogP contribution in [0.25, 0.3) is 11.2 Å². The van der Waals surface area contributed by atoms with Crippen molar-refractivity contribution in [2.24, 2.45) is 0 Å². The summed E-state index contributed by atoms with van der Waals surface area (Å²) in [5.41, 5.74) is 3.05. The second kappa shape index (κ2) is 8.98. The molecule has 4 aromatic rings. The van der Waals surface area contributed by atoms with Gasteiger partial charge in [-0.2, -0.15) is 0 Å². The number of benzene rings is 1. The number of H-pyrrole nitrogens is 1. The average Bonchev–Trinajstić information content (AvgIpc) is 3.53. The van der Waals surface area contributed by atoms with E-state index in [-0.39, 0.29) is 17.6 Å². The van der Waals surface area contributed by atoms with Crippen LogP contribution in [0.1, 0.15) is 47.3 Å². The SMILES string of the molecule is O=C(c1cc(N2CCC(n3c(=O)[nH]c4ncccc43)CC2)ncn1)N1CCC(c2ccccc2)C1. The molecule has 2 fully saturated rings. The summed E-state index contributed by atoms with van der Waals surface area (Å²) in [6.45, 7) is 2.93. The van der Waals surface area contributed by atoms with Crippen LogP contribution >= 0.6 is 0 Å². The summed E-state index contributed by atoms with van der Waals surface area (Å²) in [5.74, 6) is 1.08. The van der Waals surface area contributed by atoms with Gasteiger partial charge in [0.1, 0.15) is 17.8 Å². The molecular formula is C26H27N7O2. The first kappa shape index (κ1) is 21.5. The Morgan fingerprint density at radius 3 is 2.60 bits per heavy atom. The minimum atomic E-state index is -0.119. The third kappa shape index (κ3) is 4.07. The molecule has 0 spiro atoms. The van der Waals surface area contributed by atoms with Crippen molar-refractivity contribution in [3.63, 3.8) is 0 Å². The van der Waals surface area contributed by atoms with Crippen molar-refractivity contribution < 1.29 is 4.79 Å². The molecule has 6 rings (SSSR count). The molecule has 178 valence electrons. The minimum absolute atomic E-state index is 0.0418. The molecule has 2 saturated heterocycles. The van der Waals surface area contributed by atoms with E-state index < -0.39 is 0 Å². The first-order chi connectivity index (χ1) is 17.2. The number of fused-ring (bicyclic) bond motifs is 1. The Kier molecular flexibility index (Phi) is 5.52. The van der Waals surface area contributed by atoms with Crippen molar-refractivity contribution in [2.75, 3.05) is 31.1 Å². The highest BCUT2D eigenvalue weighted by molar-refractivity contribution is 5.93. The number of carbonyl (C=O) groups excluding carboxylic acids is 1. The number of hydrogen-bond donors (Lipinski definition) is 1. The van der Waals surface area contributed by atoms with E-state index in [0.29, 0.717) is 23.8 Å². The lowest BCUT2D eigenvalue weighted by molar-refractivity contribution is 0.0785. The first-order valence-electron chi connectivity index (χ1n) is 12.1. The van der Waals surface area contributed by atoms with Crippen LogP contribution in [0.5, 0.6) is 0 Å². The molecule has 1 atom stereocenters. The molecule has 0 bridgehead atoms. The predicted octanol–water partition coefficient (Wildman–Crippen LogP) is 2.99. The number of aromatic amines is 1. The average molecular weight is 470 g/mol. The number of piperidine rings is 1. The molecule has 1 unspecified atom stereocenters. The van der Waals surface area contributed by atoms with Gasteiger partial charge in [-0.3, -0.25) is 14.3 Å². The van der Waals surface area contributed by atoms with Crippen molar-refractivity contribution >= 4 is 22.9 Å². The minimum Gasteiger partial charge on any atom is -0.356 e. The summed E-state index contributed by atoms with van der Waals surface area (Å²) in [5, 5.41) is 0. The van der Waals surface area contributed by atoms with E-state index in [9.17, 15) is 9.59 Å². The molecule has 3 aromatic heterocycles. The second-order valence-corrected chi connectivity index (χ2v) is 9.30. The quantitative estimate of drug-likeness (QED) is 0.493. The van der Waals surface area contributed by atoms with Gasteiger partial charge in [-0.25, -0.2) is 19.7 Å². The molecule has 5 heterocycles. The van der Waals surface area contributed by atoms with Gasteiger partial charge in [0.2, 0.25) is 0 Å². The maximum Gasteiger partial charge on any atom is 0.327 e. The summed E-state index contributed by atoms with van der Waals surface area (Å²) in [4.78, 5) is 45.7. The molecule has 2 aliphatic rings. The van der Waals surface area contributed by atoms with Crippen LogP contribution in [0.15, 0.2) is 65.8 Å². The van der Waals surface area contributed by atoms with E-state index in [1.54, 1.807) is 12.3 Å². The number of amides is 1. The molecule has 1 N–H and O–H groups in total. The van der Waals surface area contributed by atoms with Gasteiger partial charge in [-0.05, 0) is 37.0 Å². The Balaban J connectivity index is 1.13. The lowest BCUT2D eigenvalue weighted by atomic mass is 9.99. The number of anilines is 1. The fraction of sp³-hybridized carbons (Fsp3) is 0.346. The maximum atomic E-state index is 13.2. The highest BCUT2D eigenvalue weighted by Gasteiger charge is 2.30. The van der Waals surface area contributed by atoms with Crippen LogP contribution in [0.3, 0.4) is 0 Å². The zero-order valence-electron chi connectivity index (χ0n) is 19.4. The molecule has 2 aliphatic heterocycles. The van der Waals surface area contributed by atoms with Gasteiger partial charge < -0.3 is 9.80 Å². The first-order valence-corrected chi connectivity index (χ1v) is 12.1. The number of nitrogens with zero attached hydrogens (tertiary/aromatic N) is 6. The van der Waals surface area contributed by atoms with Crippen molar-refractivity contribution in [3.05, 3.63) is 82.8 Å². The van der Waals surface area contributed by atoms with Gasteiger partial charge in [-0.1, -0.05) is 30.3 Å². The molecule has 1 aromatic carbocycles. The van der Waals surface area contributed by atoms with Crippen LogP contribution in [0.4, 0.5) is 5.82 Å². The zero-order chi connectivity index (χ0) is 23.8. The lowest BCUT2D eigenvalue weighted by Crippen LogP contribution is -2.37. The molecular weight excluding hydrogens is 442 g/mol. The number of nitrogens with one attached hydrogen (secondary N) is 1. The van der Waals surface area contributed by atoms with Gasteiger partial charge in [-0.15, -0.1) is 0 Å².